The molecule has 1 N–H and O–H groups in total. The summed E-state index contributed by atoms with van der Waals surface area (Å²) < 4.78 is 18.7. The first-order valence-corrected chi connectivity index (χ1v) is 11.4. The Morgan fingerprint density at radius 1 is 0.971 bits per heavy atom. The Hall–Kier alpha value is -4.04. The molecule has 7 nitrogen and oxygen atoms in total. The highest BCUT2D eigenvalue weighted by molar-refractivity contribution is 7.80. The van der Waals surface area contributed by atoms with E-state index in [0.717, 1.165) is 34.3 Å². The maximum Gasteiger partial charge on any atom is 0.231 e. The molecule has 2 aliphatic rings. The first-order chi connectivity index (χ1) is 16.7. The lowest BCUT2D eigenvalue weighted by Gasteiger charge is -2.29. The minimum absolute atomic E-state index is 0.147. The fraction of sp³-hybridized carbons (Fsp3) is 0.154. The van der Waals surface area contributed by atoms with Crippen LogP contribution in [0.4, 0.5) is 5.69 Å². The van der Waals surface area contributed by atoms with Gasteiger partial charge < -0.3 is 29.0 Å². The Bertz CT molecular complexity index is 1340. The topological polar surface area (TPSA) is 60.8 Å². The Kier molecular flexibility index (Phi) is 5.07. The maximum atomic E-state index is 5.86. The van der Waals surface area contributed by atoms with E-state index in [1.165, 1.54) is 0 Å². The van der Waals surface area contributed by atoms with E-state index in [1.807, 2.05) is 72.9 Å². The van der Waals surface area contributed by atoms with Crippen molar-refractivity contribution < 1.29 is 14.2 Å². The Morgan fingerprint density at radius 3 is 2.59 bits per heavy atom. The van der Waals surface area contributed by atoms with Crippen LogP contribution >= 0.6 is 12.2 Å². The zero-order valence-electron chi connectivity index (χ0n) is 18.4. The number of nitrogens with zero attached hydrogens (tertiary/aromatic N) is 3. The molecule has 0 saturated carbocycles. The van der Waals surface area contributed by atoms with E-state index in [2.05, 4.69) is 32.0 Å². The quantitative estimate of drug-likeness (QED) is 0.421. The number of nitrogens with one attached hydrogen (secondary N) is 1. The van der Waals surface area contributed by atoms with Crippen molar-refractivity contribution in [3.05, 3.63) is 96.6 Å². The number of methoxy groups -OCH3 is 1. The molecule has 0 spiro atoms. The van der Waals surface area contributed by atoms with E-state index in [1.54, 1.807) is 7.11 Å². The molecule has 0 aliphatic carbocycles. The molecule has 0 amide bonds. The summed E-state index contributed by atoms with van der Waals surface area (Å²) in [7, 11) is 1.67. The van der Waals surface area contributed by atoms with E-state index in [4.69, 9.17) is 26.4 Å². The number of rotatable bonds is 5. The molecule has 8 heteroatoms. The summed E-state index contributed by atoms with van der Waals surface area (Å²) in [4.78, 5) is 6.78. The highest BCUT2D eigenvalue weighted by Gasteiger charge is 2.42. The lowest BCUT2D eigenvalue weighted by molar-refractivity contribution is 0.174. The van der Waals surface area contributed by atoms with Crippen LogP contribution in [0.3, 0.4) is 0 Å². The predicted molar refractivity (Wildman–Crippen MR) is 133 cm³/mol. The van der Waals surface area contributed by atoms with Gasteiger partial charge in [-0.2, -0.15) is 0 Å². The summed E-state index contributed by atoms with van der Waals surface area (Å²) in [5.74, 6) is 2.27. The number of thiocarbonyl (C=S) groups is 1. The third-order valence-corrected chi connectivity index (χ3v) is 6.48. The number of pyridine rings is 1. The van der Waals surface area contributed by atoms with Crippen molar-refractivity contribution in [2.24, 2.45) is 0 Å². The SMILES string of the molecule is COc1ccc(-n2cccc2[C@H]2[C@@H](c3ccccn3)NC(=S)N2c2ccc3c(c2)OCO3)cc1. The molecule has 170 valence electrons. The van der Waals surface area contributed by atoms with Crippen molar-refractivity contribution in [3.8, 4) is 22.9 Å². The smallest absolute Gasteiger partial charge is 0.231 e. The second-order valence-electron chi connectivity index (χ2n) is 8.04. The zero-order chi connectivity index (χ0) is 23.1. The van der Waals surface area contributed by atoms with Crippen LogP contribution in [0.2, 0.25) is 0 Å². The van der Waals surface area contributed by atoms with Gasteiger partial charge in [0, 0.05) is 35.5 Å². The molecule has 1 saturated heterocycles. The molecule has 0 radical (unpaired) electrons. The Balaban J connectivity index is 1.48. The second-order valence-corrected chi connectivity index (χ2v) is 8.42. The lowest BCUT2D eigenvalue weighted by Crippen LogP contribution is -2.30. The van der Waals surface area contributed by atoms with E-state index in [-0.39, 0.29) is 18.9 Å². The average Bonchev–Trinajstić information content (AvgIpc) is 3.62. The molecule has 34 heavy (non-hydrogen) atoms. The number of benzene rings is 2. The van der Waals surface area contributed by atoms with Crippen LogP contribution in [0.15, 0.2) is 85.2 Å². The highest BCUT2D eigenvalue weighted by Crippen LogP contribution is 2.44. The number of hydrogen-bond acceptors (Lipinski definition) is 5. The first-order valence-electron chi connectivity index (χ1n) is 10.9. The van der Waals surface area contributed by atoms with Crippen LogP contribution in [-0.4, -0.2) is 28.6 Å². The van der Waals surface area contributed by atoms with Crippen molar-refractivity contribution in [1.82, 2.24) is 14.9 Å². The normalized spacial score (nSPS) is 18.7. The van der Waals surface area contributed by atoms with Crippen LogP contribution in [-0.2, 0) is 0 Å². The van der Waals surface area contributed by atoms with Gasteiger partial charge in [-0.15, -0.1) is 0 Å². The summed E-state index contributed by atoms with van der Waals surface area (Å²) in [5, 5.41) is 4.14. The molecule has 1 fully saturated rings. The van der Waals surface area contributed by atoms with Gasteiger partial charge >= 0.3 is 0 Å². The molecule has 4 aromatic rings. The Labute approximate surface area is 202 Å². The number of aromatic nitrogens is 2. The van der Waals surface area contributed by atoms with E-state index >= 15 is 0 Å². The monoisotopic (exact) mass is 470 g/mol. The second kappa shape index (κ2) is 8.39. The van der Waals surface area contributed by atoms with E-state index in [0.29, 0.717) is 10.9 Å². The minimum Gasteiger partial charge on any atom is -0.497 e. The molecule has 6 rings (SSSR count). The van der Waals surface area contributed by atoms with Gasteiger partial charge in [0.2, 0.25) is 6.79 Å². The number of hydrogen-bond donors (Lipinski definition) is 1. The van der Waals surface area contributed by atoms with Crippen LogP contribution in [0.1, 0.15) is 23.5 Å². The molecule has 0 bridgehead atoms. The predicted octanol–water partition coefficient (Wildman–Crippen LogP) is 4.79. The molecule has 4 heterocycles. The van der Waals surface area contributed by atoms with Crippen LogP contribution in [0, 0.1) is 0 Å². The average molecular weight is 471 g/mol. The van der Waals surface area contributed by atoms with Gasteiger partial charge in [-0.1, -0.05) is 6.07 Å². The standard InChI is InChI=1S/C26H22N4O3S/c1-31-19-10-7-17(8-11-19)29-14-4-6-21(29)25-24(20-5-2-3-13-27-20)28-26(34)30(25)18-9-12-22-23(15-18)33-16-32-22/h2-15,24-25H,16H2,1H3,(H,28,34)/t24-,25+/m1/s1. The molecule has 2 aromatic heterocycles. The van der Waals surface area contributed by atoms with Gasteiger partial charge in [-0.3, -0.25) is 4.98 Å². The number of ether oxygens (including phenoxy) is 3. The molecular weight excluding hydrogens is 448 g/mol. The van der Waals surface area contributed by atoms with Gasteiger partial charge in [0.15, 0.2) is 16.6 Å². The van der Waals surface area contributed by atoms with Crippen LogP contribution in [0.5, 0.6) is 17.2 Å². The Morgan fingerprint density at radius 2 is 1.79 bits per heavy atom. The zero-order valence-corrected chi connectivity index (χ0v) is 19.2. The van der Waals surface area contributed by atoms with Crippen molar-refractivity contribution >= 4 is 23.0 Å². The summed E-state index contributed by atoms with van der Waals surface area (Å²) in [5.41, 5.74) is 3.95. The number of anilines is 1. The fourth-order valence-electron chi connectivity index (χ4n) is 4.58. The molecule has 2 aliphatic heterocycles. The van der Waals surface area contributed by atoms with Gasteiger partial charge in [0.25, 0.3) is 0 Å². The molecule has 2 atom stereocenters. The third kappa shape index (κ3) is 3.43. The summed E-state index contributed by atoms with van der Waals surface area (Å²) in [6.45, 7) is 0.224. The van der Waals surface area contributed by atoms with Gasteiger partial charge in [0.1, 0.15) is 11.8 Å². The van der Waals surface area contributed by atoms with Crippen molar-refractivity contribution in [2.45, 2.75) is 12.1 Å². The van der Waals surface area contributed by atoms with Gasteiger partial charge in [-0.05, 0) is 72.9 Å². The fourth-order valence-corrected chi connectivity index (χ4v) is 4.93. The highest BCUT2D eigenvalue weighted by atomic mass is 32.1. The first kappa shape index (κ1) is 20.6. The summed E-state index contributed by atoms with van der Waals surface area (Å²) >= 11 is 5.86. The lowest BCUT2D eigenvalue weighted by atomic mass is 10.0. The molecular formula is C26H22N4O3S. The van der Waals surface area contributed by atoms with Gasteiger partial charge in [-0.25, -0.2) is 0 Å². The maximum absolute atomic E-state index is 5.86. The minimum atomic E-state index is -0.153. The summed E-state index contributed by atoms with van der Waals surface area (Å²) in [6, 6.07) is 23.7. The largest absolute Gasteiger partial charge is 0.497 e. The van der Waals surface area contributed by atoms with Crippen molar-refractivity contribution in [2.75, 3.05) is 18.8 Å². The van der Waals surface area contributed by atoms with Crippen LogP contribution in [0.25, 0.3) is 5.69 Å². The number of fused-ring (bicyclic) bond motifs is 1. The van der Waals surface area contributed by atoms with Crippen molar-refractivity contribution in [3.63, 3.8) is 0 Å². The van der Waals surface area contributed by atoms with Gasteiger partial charge in [0.05, 0.1) is 18.8 Å². The summed E-state index contributed by atoms with van der Waals surface area (Å²) in [6.07, 6.45) is 3.87. The van der Waals surface area contributed by atoms with E-state index < -0.39 is 0 Å². The van der Waals surface area contributed by atoms with Crippen molar-refractivity contribution in [1.29, 1.82) is 0 Å². The molecule has 0 unspecified atom stereocenters. The third-order valence-electron chi connectivity index (χ3n) is 6.17. The molecule has 2 aromatic carbocycles. The van der Waals surface area contributed by atoms with E-state index in [9.17, 15) is 0 Å². The van der Waals surface area contributed by atoms with Crippen LogP contribution < -0.4 is 24.4 Å².